The Morgan fingerprint density at radius 2 is 1.43 bits per heavy atom. The molecule has 28 heavy (non-hydrogen) atoms. The molecule has 0 aliphatic heterocycles. The van der Waals surface area contributed by atoms with Gasteiger partial charge in [-0.15, -0.1) is 0 Å². The van der Waals surface area contributed by atoms with Gasteiger partial charge in [0, 0.05) is 17.2 Å². The highest BCUT2D eigenvalue weighted by Gasteiger charge is 2.22. The van der Waals surface area contributed by atoms with E-state index in [0.29, 0.717) is 28.4 Å². The van der Waals surface area contributed by atoms with Crippen LogP contribution in [0.2, 0.25) is 0 Å². The molecule has 2 aromatic carbocycles. The van der Waals surface area contributed by atoms with Crippen LogP contribution in [0.4, 0.5) is 0 Å². The summed E-state index contributed by atoms with van der Waals surface area (Å²) in [7, 11) is 3.13. The second-order valence-corrected chi connectivity index (χ2v) is 5.86. The first-order valence-electron chi connectivity index (χ1n) is 8.71. The maximum Gasteiger partial charge on any atom is 0.346 e. The predicted molar refractivity (Wildman–Crippen MR) is 105 cm³/mol. The lowest BCUT2D eigenvalue weighted by atomic mass is 10.0. The van der Waals surface area contributed by atoms with Crippen molar-refractivity contribution in [1.29, 1.82) is 0 Å². The van der Waals surface area contributed by atoms with Gasteiger partial charge in [0.05, 0.1) is 20.8 Å². The number of ether oxygens (including phenoxy) is 3. The molecule has 0 N–H and O–H groups in total. The zero-order chi connectivity index (χ0) is 20.1. The average Bonchev–Trinajstić information content (AvgIpc) is 2.73. The molecule has 0 unspecified atom stereocenters. The molecule has 0 spiro atoms. The number of carbonyl (C=O) groups excluding carboxylic acids is 1. The second-order valence-electron chi connectivity index (χ2n) is 5.86. The molecule has 6 nitrogen and oxygen atoms in total. The molecule has 0 radical (unpaired) electrons. The van der Waals surface area contributed by atoms with E-state index >= 15 is 0 Å². The van der Waals surface area contributed by atoms with E-state index in [4.69, 9.17) is 18.6 Å². The van der Waals surface area contributed by atoms with E-state index in [-0.39, 0.29) is 17.9 Å². The predicted octanol–water partition coefficient (Wildman–Crippen LogP) is 4.17. The van der Waals surface area contributed by atoms with Crippen LogP contribution in [0.25, 0.3) is 22.6 Å². The van der Waals surface area contributed by atoms with Crippen LogP contribution in [-0.2, 0) is 4.74 Å². The number of hydrogen-bond acceptors (Lipinski definition) is 6. The van der Waals surface area contributed by atoms with Gasteiger partial charge in [-0.3, -0.25) is 4.79 Å². The zero-order valence-electron chi connectivity index (χ0n) is 15.9. The smallest absolute Gasteiger partial charge is 0.346 e. The first-order valence-corrected chi connectivity index (χ1v) is 8.71. The number of rotatable bonds is 6. The minimum absolute atomic E-state index is 0.135. The lowest BCUT2D eigenvalue weighted by Crippen LogP contribution is -2.18. The molecule has 0 aliphatic rings. The molecule has 144 valence electrons. The molecule has 1 heterocycles. The normalized spacial score (nSPS) is 10.4. The molecular formula is C22H20O6. The maximum atomic E-state index is 12.8. The summed E-state index contributed by atoms with van der Waals surface area (Å²) in [5, 5.41) is 0. The fourth-order valence-electron chi connectivity index (χ4n) is 2.73. The van der Waals surface area contributed by atoms with Crippen LogP contribution < -0.4 is 14.9 Å². The quantitative estimate of drug-likeness (QED) is 0.598. The van der Waals surface area contributed by atoms with E-state index in [1.807, 2.05) is 0 Å². The summed E-state index contributed by atoms with van der Waals surface area (Å²) in [5.41, 5.74) is 0.644. The van der Waals surface area contributed by atoms with Crippen molar-refractivity contribution in [2.75, 3.05) is 20.8 Å². The van der Waals surface area contributed by atoms with Gasteiger partial charge < -0.3 is 18.6 Å². The van der Waals surface area contributed by atoms with Crippen molar-refractivity contribution in [2.24, 2.45) is 0 Å². The van der Waals surface area contributed by atoms with Crippen molar-refractivity contribution >= 4 is 5.97 Å². The van der Waals surface area contributed by atoms with Gasteiger partial charge in [0.2, 0.25) is 5.43 Å². The topological polar surface area (TPSA) is 75.0 Å². The van der Waals surface area contributed by atoms with Crippen LogP contribution in [0.5, 0.6) is 11.5 Å². The van der Waals surface area contributed by atoms with Crippen LogP contribution in [-0.4, -0.2) is 26.8 Å². The third kappa shape index (κ3) is 3.91. The van der Waals surface area contributed by atoms with Crippen LogP contribution in [0, 0.1) is 0 Å². The second kappa shape index (κ2) is 8.43. The molecule has 0 bridgehead atoms. The molecule has 6 heteroatoms. The summed E-state index contributed by atoms with van der Waals surface area (Å²) in [6, 6.07) is 15.3. The number of esters is 1. The van der Waals surface area contributed by atoms with Gasteiger partial charge in [0.1, 0.15) is 17.3 Å². The number of carbonyl (C=O) groups is 1. The molecule has 3 aromatic rings. The maximum absolute atomic E-state index is 12.8. The van der Waals surface area contributed by atoms with E-state index in [9.17, 15) is 9.59 Å². The molecule has 3 rings (SSSR count). The highest BCUT2D eigenvalue weighted by atomic mass is 16.5. The van der Waals surface area contributed by atoms with Crippen LogP contribution in [0.1, 0.15) is 17.3 Å². The third-order valence-electron chi connectivity index (χ3n) is 4.15. The van der Waals surface area contributed by atoms with E-state index in [1.165, 1.54) is 6.07 Å². The summed E-state index contributed by atoms with van der Waals surface area (Å²) in [5.74, 6) is 1.11. The first kappa shape index (κ1) is 19.2. The lowest BCUT2D eigenvalue weighted by molar-refractivity contribution is 0.0523. The van der Waals surface area contributed by atoms with Crippen molar-refractivity contribution < 1.29 is 23.4 Å². The Bertz CT molecular complexity index is 1020. The fourth-order valence-corrected chi connectivity index (χ4v) is 2.73. The summed E-state index contributed by atoms with van der Waals surface area (Å²) >= 11 is 0. The molecule has 0 amide bonds. The highest BCUT2D eigenvalue weighted by Crippen LogP contribution is 2.30. The lowest BCUT2D eigenvalue weighted by Gasteiger charge is -2.11. The molecule has 1 aromatic heterocycles. The van der Waals surface area contributed by atoms with Crippen molar-refractivity contribution in [2.45, 2.75) is 6.92 Å². The summed E-state index contributed by atoms with van der Waals surface area (Å²) in [6.45, 7) is 1.83. The van der Waals surface area contributed by atoms with Gasteiger partial charge >= 0.3 is 5.97 Å². The monoisotopic (exact) mass is 380 g/mol. The van der Waals surface area contributed by atoms with Crippen LogP contribution >= 0.6 is 0 Å². The minimum atomic E-state index is -0.719. The number of benzene rings is 2. The number of hydrogen-bond donors (Lipinski definition) is 0. The number of methoxy groups -OCH3 is 2. The van der Waals surface area contributed by atoms with Gasteiger partial charge in [-0.1, -0.05) is 0 Å². The van der Waals surface area contributed by atoms with Crippen molar-refractivity contribution in [1.82, 2.24) is 0 Å². The summed E-state index contributed by atoms with van der Waals surface area (Å²) in [4.78, 5) is 25.2. The standard InChI is InChI=1S/C22H20O6/c1-4-27-22(24)20-18(23)13-19(14-5-9-16(25-2)10-6-14)28-21(20)15-7-11-17(26-3)12-8-15/h5-13H,4H2,1-3H3. The fraction of sp³-hybridized carbons (Fsp3) is 0.182. The molecule has 0 aliphatic carbocycles. The molecule has 0 saturated heterocycles. The summed E-state index contributed by atoms with van der Waals surface area (Å²) in [6.07, 6.45) is 0. The van der Waals surface area contributed by atoms with Gasteiger partial charge in [0.25, 0.3) is 0 Å². The Morgan fingerprint density at radius 1 is 0.893 bits per heavy atom. The third-order valence-corrected chi connectivity index (χ3v) is 4.15. The highest BCUT2D eigenvalue weighted by molar-refractivity contribution is 5.95. The average molecular weight is 380 g/mol. The van der Waals surface area contributed by atoms with Crippen molar-refractivity contribution in [3.63, 3.8) is 0 Å². The SMILES string of the molecule is CCOC(=O)c1c(-c2ccc(OC)cc2)oc(-c2ccc(OC)cc2)cc1=O. The Labute approximate surface area is 162 Å². The molecule has 0 saturated carbocycles. The largest absolute Gasteiger partial charge is 0.497 e. The van der Waals surface area contributed by atoms with Gasteiger partial charge in [-0.05, 0) is 55.5 Å². The van der Waals surface area contributed by atoms with E-state index in [2.05, 4.69) is 0 Å². The van der Waals surface area contributed by atoms with Gasteiger partial charge in [0.15, 0.2) is 11.3 Å². The van der Waals surface area contributed by atoms with E-state index in [1.54, 1.807) is 69.7 Å². The van der Waals surface area contributed by atoms with Crippen molar-refractivity contribution in [3.8, 4) is 34.1 Å². The first-order chi connectivity index (χ1) is 13.6. The Kier molecular flexibility index (Phi) is 5.79. The van der Waals surface area contributed by atoms with E-state index < -0.39 is 11.4 Å². The van der Waals surface area contributed by atoms with Crippen LogP contribution in [0.3, 0.4) is 0 Å². The Hall–Kier alpha value is -3.54. The summed E-state index contributed by atoms with van der Waals surface area (Å²) < 4.78 is 21.4. The van der Waals surface area contributed by atoms with Gasteiger partial charge in [-0.2, -0.15) is 0 Å². The molecular weight excluding hydrogens is 360 g/mol. The minimum Gasteiger partial charge on any atom is -0.497 e. The molecule has 0 atom stereocenters. The van der Waals surface area contributed by atoms with Crippen LogP contribution in [0.15, 0.2) is 63.8 Å². The Morgan fingerprint density at radius 3 is 1.93 bits per heavy atom. The zero-order valence-corrected chi connectivity index (χ0v) is 15.9. The van der Waals surface area contributed by atoms with Gasteiger partial charge in [-0.25, -0.2) is 4.79 Å². The molecule has 0 fully saturated rings. The van der Waals surface area contributed by atoms with Crippen molar-refractivity contribution in [3.05, 3.63) is 70.4 Å². The van der Waals surface area contributed by atoms with E-state index in [0.717, 1.165) is 0 Å². The Balaban J connectivity index is 2.17.